The molecule has 0 amide bonds. The highest BCUT2D eigenvalue weighted by Gasteiger charge is 2.39. The molecule has 3 rings (SSSR count). The second-order valence-electron chi connectivity index (χ2n) is 8.49. The average molecular weight is 416 g/mol. The van der Waals surface area contributed by atoms with Crippen LogP contribution in [-0.2, 0) is 4.74 Å². The number of nitrogens with one attached hydrogen (secondary N) is 2. The summed E-state index contributed by atoms with van der Waals surface area (Å²) in [4.78, 5) is 9.73. The van der Waals surface area contributed by atoms with Gasteiger partial charge >= 0.3 is 0 Å². The van der Waals surface area contributed by atoms with Crippen molar-refractivity contribution in [2.24, 2.45) is 4.99 Å². The van der Waals surface area contributed by atoms with Gasteiger partial charge in [-0.3, -0.25) is 14.8 Å². The lowest BCUT2D eigenvalue weighted by molar-refractivity contribution is -0.0164. The number of rotatable bonds is 9. The number of nitrogens with zero attached hydrogens (tertiary/aromatic N) is 3. The van der Waals surface area contributed by atoms with E-state index in [0.29, 0.717) is 6.04 Å². The van der Waals surface area contributed by atoms with Crippen LogP contribution in [0.4, 0.5) is 0 Å². The van der Waals surface area contributed by atoms with Gasteiger partial charge in [0.1, 0.15) is 0 Å². The minimum atomic E-state index is 0.198. The molecule has 2 heterocycles. The second kappa shape index (κ2) is 11.7. The zero-order chi connectivity index (χ0) is 21.2. The van der Waals surface area contributed by atoms with Crippen LogP contribution < -0.4 is 10.6 Å². The SMILES string of the molecule is CCN(CC)C(CNC(=NC)NCC1(N2CCCC2)CCOCC1)c1ccccc1. The summed E-state index contributed by atoms with van der Waals surface area (Å²) in [6.45, 7) is 12.4. The van der Waals surface area contributed by atoms with Gasteiger partial charge in [0.25, 0.3) is 0 Å². The first kappa shape index (κ1) is 23.0. The first-order valence-corrected chi connectivity index (χ1v) is 11.8. The first-order chi connectivity index (χ1) is 14.7. The third-order valence-electron chi connectivity index (χ3n) is 6.91. The maximum atomic E-state index is 5.69. The topological polar surface area (TPSA) is 52.1 Å². The van der Waals surface area contributed by atoms with Crippen LogP contribution in [0.5, 0.6) is 0 Å². The van der Waals surface area contributed by atoms with E-state index in [1.165, 1.54) is 31.5 Å². The van der Waals surface area contributed by atoms with E-state index in [9.17, 15) is 0 Å². The van der Waals surface area contributed by atoms with Gasteiger partial charge in [-0.15, -0.1) is 0 Å². The number of hydrogen-bond donors (Lipinski definition) is 2. The summed E-state index contributed by atoms with van der Waals surface area (Å²) in [6.07, 6.45) is 4.84. The molecule has 6 nitrogen and oxygen atoms in total. The summed E-state index contributed by atoms with van der Waals surface area (Å²) in [5.74, 6) is 0.896. The third-order valence-corrected chi connectivity index (χ3v) is 6.91. The summed E-state index contributed by atoms with van der Waals surface area (Å²) >= 11 is 0. The monoisotopic (exact) mass is 415 g/mol. The van der Waals surface area contributed by atoms with Crippen molar-refractivity contribution in [1.82, 2.24) is 20.4 Å². The van der Waals surface area contributed by atoms with Crippen LogP contribution in [0.3, 0.4) is 0 Å². The lowest BCUT2D eigenvalue weighted by Gasteiger charge is -2.45. The molecule has 0 bridgehead atoms. The largest absolute Gasteiger partial charge is 0.381 e. The van der Waals surface area contributed by atoms with Crippen molar-refractivity contribution in [2.75, 3.05) is 59.5 Å². The number of ether oxygens (including phenoxy) is 1. The number of benzene rings is 1. The Hall–Kier alpha value is -1.63. The van der Waals surface area contributed by atoms with Crippen LogP contribution in [0.25, 0.3) is 0 Å². The minimum Gasteiger partial charge on any atom is -0.381 e. The molecule has 168 valence electrons. The maximum Gasteiger partial charge on any atom is 0.191 e. The first-order valence-electron chi connectivity index (χ1n) is 11.8. The van der Waals surface area contributed by atoms with E-state index in [1.54, 1.807) is 0 Å². The lowest BCUT2D eigenvalue weighted by atomic mass is 9.88. The van der Waals surface area contributed by atoms with Gasteiger partial charge < -0.3 is 15.4 Å². The van der Waals surface area contributed by atoms with Crippen molar-refractivity contribution in [3.8, 4) is 0 Å². The Labute approximate surface area is 183 Å². The number of hydrogen-bond acceptors (Lipinski definition) is 4. The Morgan fingerprint density at radius 3 is 2.37 bits per heavy atom. The smallest absolute Gasteiger partial charge is 0.191 e. The Morgan fingerprint density at radius 1 is 1.10 bits per heavy atom. The van der Waals surface area contributed by atoms with Crippen LogP contribution in [-0.4, -0.2) is 80.8 Å². The van der Waals surface area contributed by atoms with E-state index in [4.69, 9.17) is 4.74 Å². The van der Waals surface area contributed by atoms with Gasteiger partial charge in [0.2, 0.25) is 0 Å². The number of guanidine groups is 1. The second-order valence-corrected chi connectivity index (χ2v) is 8.49. The average Bonchev–Trinajstić information content (AvgIpc) is 3.35. The Bertz CT molecular complexity index is 634. The Kier molecular flexibility index (Phi) is 8.97. The molecule has 1 atom stereocenters. The molecule has 0 radical (unpaired) electrons. The van der Waals surface area contributed by atoms with Gasteiger partial charge in [-0.25, -0.2) is 0 Å². The van der Waals surface area contributed by atoms with Gasteiger partial charge in [0.05, 0.1) is 6.04 Å². The number of likely N-dealkylation sites (tertiary alicyclic amines) is 1. The van der Waals surface area contributed by atoms with Gasteiger partial charge in [0, 0.05) is 38.9 Å². The molecule has 0 aromatic heterocycles. The molecule has 0 aliphatic carbocycles. The van der Waals surface area contributed by atoms with Crippen LogP contribution in [0, 0.1) is 0 Å². The number of aliphatic imine (C=N–C) groups is 1. The summed E-state index contributed by atoms with van der Waals surface area (Å²) < 4.78 is 5.69. The molecule has 0 spiro atoms. The molecule has 1 unspecified atom stereocenters. The maximum absolute atomic E-state index is 5.69. The van der Waals surface area contributed by atoms with Crippen LogP contribution in [0.2, 0.25) is 0 Å². The Morgan fingerprint density at radius 2 is 1.77 bits per heavy atom. The van der Waals surface area contributed by atoms with Gasteiger partial charge in [-0.1, -0.05) is 44.2 Å². The van der Waals surface area contributed by atoms with Crippen LogP contribution in [0.15, 0.2) is 35.3 Å². The molecular formula is C24H41N5O. The molecule has 1 aromatic rings. The highest BCUT2D eigenvalue weighted by atomic mass is 16.5. The fourth-order valence-corrected chi connectivity index (χ4v) is 5.01. The predicted octanol–water partition coefficient (Wildman–Crippen LogP) is 2.88. The van der Waals surface area contributed by atoms with E-state index in [-0.39, 0.29) is 5.54 Å². The predicted molar refractivity (Wildman–Crippen MR) is 125 cm³/mol. The molecule has 2 aliphatic rings. The van der Waals surface area contributed by atoms with Crippen molar-refractivity contribution >= 4 is 5.96 Å². The van der Waals surface area contributed by atoms with Crippen LogP contribution in [0.1, 0.15) is 51.1 Å². The summed E-state index contributed by atoms with van der Waals surface area (Å²) in [7, 11) is 1.87. The summed E-state index contributed by atoms with van der Waals surface area (Å²) in [5, 5.41) is 7.27. The van der Waals surface area contributed by atoms with Gasteiger partial charge in [-0.05, 0) is 57.4 Å². The standard InChI is InChI=1S/C24H41N5O/c1-4-28(5-2)22(21-11-7-6-8-12-21)19-26-23(25-3)27-20-24(13-17-30-18-14-24)29-15-9-10-16-29/h6-8,11-12,22H,4-5,9-10,13-20H2,1-3H3,(H2,25,26,27). The molecule has 0 saturated carbocycles. The molecular weight excluding hydrogens is 374 g/mol. The third kappa shape index (κ3) is 5.74. The zero-order valence-electron chi connectivity index (χ0n) is 19.2. The molecule has 6 heteroatoms. The van der Waals surface area contributed by atoms with Crippen molar-refractivity contribution in [3.63, 3.8) is 0 Å². The molecule has 1 aromatic carbocycles. The summed E-state index contributed by atoms with van der Waals surface area (Å²) in [5.41, 5.74) is 1.55. The molecule has 2 fully saturated rings. The molecule has 2 aliphatic heterocycles. The van der Waals surface area contributed by atoms with Crippen molar-refractivity contribution < 1.29 is 4.74 Å². The minimum absolute atomic E-state index is 0.198. The highest BCUT2D eigenvalue weighted by Crippen LogP contribution is 2.30. The molecule has 2 saturated heterocycles. The van der Waals surface area contributed by atoms with Gasteiger partial charge in [-0.2, -0.15) is 0 Å². The molecule has 30 heavy (non-hydrogen) atoms. The van der Waals surface area contributed by atoms with Crippen LogP contribution >= 0.6 is 0 Å². The lowest BCUT2D eigenvalue weighted by Crippen LogP contribution is -2.58. The fourth-order valence-electron chi connectivity index (χ4n) is 5.01. The van der Waals surface area contributed by atoms with Gasteiger partial charge in [0.15, 0.2) is 5.96 Å². The van der Waals surface area contributed by atoms with E-state index < -0.39 is 0 Å². The zero-order valence-corrected chi connectivity index (χ0v) is 19.2. The highest BCUT2D eigenvalue weighted by molar-refractivity contribution is 5.79. The van der Waals surface area contributed by atoms with Crippen molar-refractivity contribution in [2.45, 2.75) is 51.1 Å². The van der Waals surface area contributed by atoms with Crippen molar-refractivity contribution in [1.29, 1.82) is 0 Å². The normalized spacial score (nSPS) is 21.0. The Balaban J connectivity index is 1.62. The quantitative estimate of drug-likeness (QED) is 0.480. The van der Waals surface area contributed by atoms with Crippen molar-refractivity contribution in [3.05, 3.63) is 35.9 Å². The number of likely N-dealkylation sites (N-methyl/N-ethyl adjacent to an activating group) is 1. The summed E-state index contributed by atoms with van der Waals surface area (Å²) in [6, 6.07) is 11.1. The van der Waals surface area contributed by atoms with E-state index in [0.717, 1.165) is 58.2 Å². The molecule has 2 N–H and O–H groups in total. The van der Waals surface area contributed by atoms with E-state index in [2.05, 4.69) is 69.6 Å². The van der Waals surface area contributed by atoms with E-state index >= 15 is 0 Å². The van der Waals surface area contributed by atoms with E-state index in [1.807, 2.05) is 7.05 Å². The fraction of sp³-hybridized carbons (Fsp3) is 0.708.